The molecule has 1 aromatic rings. The molecule has 0 heterocycles. The first kappa shape index (κ1) is 12.3. The van der Waals surface area contributed by atoms with E-state index in [2.05, 4.69) is 4.72 Å². The third-order valence-electron chi connectivity index (χ3n) is 3.00. The standard InChI is InChI=1S/C11H16N2O3S/c1-8-6-9(12)2-3-10(8)17(15,16)13-11(7-14)4-5-11/h2-3,6,13-14H,4-5,7,12H2,1H3. The summed E-state index contributed by atoms with van der Waals surface area (Å²) in [5.41, 5.74) is 6.07. The number of aliphatic hydroxyl groups excluding tert-OH is 1. The van der Waals surface area contributed by atoms with Crippen LogP contribution in [0.2, 0.25) is 0 Å². The van der Waals surface area contributed by atoms with Crippen molar-refractivity contribution in [3.63, 3.8) is 0 Å². The third-order valence-corrected chi connectivity index (χ3v) is 4.73. The molecule has 0 saturated heterocycles. The zero-order chi connectivity index (χ0) is 12.7. The molecular formula is C11H16N2O3S. The Morgan fingerprint density at radius 2 is 2.12 bits per heavy atom. The molecular weight excluding hydrogens is 240 g/mol. The number of sulfonamides is 1. The summed E-state index contributed by atoms with van der Waals surface area (Å²) in [5, 5.41) is 9.13. The SMILES string of the molecule is Cc1cc(N)ccc1S(=O)(=O)NC1(CO)CC1. The highest BCUT2D eigenvalue weighted by molar-refractivity contribution is 7.89. The second-order valence-corrected chi connectivity index (χ2v) is 6.22. The van der Waals surface area contributed by atoms with Crippen LogP contribution in [0.4, 0.5) is 5.69 Å². The number of nitrogens with one attached hydrogen (secondary N) is 1. The van der Waals surface area contributed by atoms with Gasteiger partial charge in [0.15, 0.2) is 0 Å². The van der Waals surface area contributed by atoms with Crippen molar-refractivity contribution >= 4 is 15.7 Å². The van der Waals surface area contributed by atoms with Crippen molar-refractivity contribution in [2.24, 2.45) is 0 Å². The Balaban J connectivity index is 2.32. The highest BCUT2D eigenvalue weighted by Gasteiger charge is 2.45. The van der Waals surface area contributed by atoms with Crippen molar-refractivity contribution in [1.82, 2.24) is 4.72 Å². The number of aryl methyl sites for hydroxylation is 1. The Hall–Kier alpha value is -1.11. The first-order valence-corrected chi connectivity index (χ1v) is 6.88. The molecule has 1 aromatic carbocycles. The minimum atomic E-state index is -3.58. The predicted octanol–water partition coefficient (Wildman–Crippen LogP) is 0.380. The maximum atomic E-state index is 12.1. The lowest BCUT2D eigenvalue weighted by Gasteiger charge is -2.16. The molecule has 1 aliphatic rings. The van der Waals surface area contributed by atoms with Gasteiger partial charge in [-0.1, -0.05) is 0 Å². The van der Waals surface area contributed by atoms with E-state index >= 15 is 0 Å². The van der Waals surface area contributed by atoms with E-state index in [1.165, 1.54) is 6.07 Å². The minimum absolute atomic E-state index is 0.166. The minimum Gasteiger partial charge on any atom is -0.399 e. The summed E-state index contributed by atoms with van der Waals surface area (Å²) in [5.74, 6) is 0. The lowest BCUT2D eigenvalue weighted by atomic mass is 10.2. The number of nitrogens with two attached hydrogens (primary N) is 1. The summed E-state index contributed by atoms with van der Waals surface area (Å²) in [7, 11) is -3.58. The average Bonchev–Trinajstić information content (AvgIpc) is 2.97. The zero-order valence-electron chi connectivity index (χ0n) is 9.60. The van der Waals surface area contributed by atoms with Gasteiger partial charge in [0.05, 0.1) is 17.0 Å². The van der Waals surface area contributed by atoms with Crippen LogP contribution in [-0.4, -0.2) is 25.7 Å². The molecule has 1 aliphatic carbocycles. The second-order valence-electron chi connectivity index (χ2n) is 4.57. The molecule has 4 N–H and O–H groups in total. The Morgan fingerprint density at radius 1 is 1.47 bits per heavy atom. The highest BCUT2D eigenvalue weighted by Crippen LogP contribution is 2.36. The normalized spacial score (nSPS) is 18.0. The van der Waals surface area contributed by atoms with Crippen LogP contribution in [0, 0.1) is 6.92 Å². The maximum Gasteiger partial charge on any atom is 0.241 e. The summed E-state index contributed by atoms with van der Waals surface area (Å²) < 4.78 is 26.8. The summed E-state index contributed by atoms with van der Waals surface area (Å²) >= 11 is 0. The number of nitrogen functional groups attached to an aromatic ring is 1. The van der Waals surface area contributed by atoms with Gasteiger partial charge in [0.2, 0.25) is 10.0 Å². The number of anilines is 1. The van der Waals surface area contributed by atoms with Gasteiger partial charge in [-0.05, 0) is 43.5 Å². The molecule has 0 amide bonds. The van der Waals surface area contributed by atoms with Crippen molar-refractivity contribution in [2.75, 3.05) is 12.3 Å². The fraction of sp³-hybridized carbons (Fsp3) is 0.455. The van der Waals surface area contributed by atoms with E-state index in [4.69, 9.17) is 10.8 Å². The Kier molecular flexibility index (Phi) is 2.89. The number of hydrogen-bond donors (Lipinski definition) is 3. The molecule has 17 heavy (non-hydrogen) atoms. The molecule has 94 valence electrons. The van der Waals surface area contributed by atoms with Crippen LogP contribution in [0.5, 0.6) is 0 Å². The molecule has 6 heteroatoms. The Bertz CT molecular complexity index is 536. The van der Waals surface area contributed by atoms with Gasteiger partial charge in [0.1, 0.15) is 0 Å². The van der Waals surface area contributed by atoms with E-state index in [1.807, 2.05) is 0 Å². The predicted molar refractivity (Wildman–Crippen MR) is 65.0 cm³/mol. The quantitative estimate of drug-likeness (QED) is 0.679. The molecule has 0 unspecified atom stereocenters. The van der Waals surface area contributed by atoms with Crippen LogP contribution >= 0.6 is 0 Å². The zero-order valence-corrected chi connectivity index (χ0v) is 10.4. The van der Waals surface area contributed by atoms with Crippen molar-refractivity contribution in [3.05, 3.63) is 23.8 Å². The van der Waals surface area contributed by atoms with Gasteiger partial charge >= 0.3 is 0 Å². The van der Waals surface area contributed by atoms with Crippen LogP contribution < -0.4 is 10.5 Å². The molecule has 1 saturated carbocycles. The number of aliphatic hydroxyl groups is 1. The highest BCUT2D eigenvalue weighted by atomic mass is 32.2. The van der Waals surface area contributed by atoms with Crippen molar-refractivity contribution in [1.29, 1.82) is 0 Å². The van der Waals surface area contributed by atoms with Gasteiger partial charge < -0.3 is 10.8 Å². The van der Waals surface area contributed by atoms with Crippen LogP contribution in [-0.2, 0) is 10.0 Å². The topological polar surface area (TPSA) is 92.4 Å². The molecule has 2 rings (SSSR count). The van der Waals surface area contributed by atoms with Crippen molar-refractivity contribution < 1.29 is 13.5 Å². The molecule has 0 aliphatic heterocycles. The summed E-state index contributed by atoms with van der Waals surface area (Å²) in [6.07, 6.45) is 1.35. The van der Waals surface area contributed by atoms with E-state index in [9.17, 15) is 8.42 Å². The summed E-state index contributed by atoms with van der Waals surface area (Å²) in [6.45, 7) is 1.53. The fourth-order valence-electron chi connectivity index (χ4n) is 1.76. The van der Waals surface area contributed by atoms with E-state index in [1.54, 1.807) is 19.1 Å². The second kappa shape index (κ2) is 3.97. The van der Waals surface area contributed by atoms with Crippen LogP contribution in [0.15, 0.2) is 23.1 Å². The van der Waals surface area contributed by atoms with Crippen LogP contribution in [0.3, 0.4) is 0 Å². The smallest absolute Gasteiger partial charge is 0.241 e. The number of benzene rings is 1. The summed E-state index contributed by atoms with van der Waals surface area (Å²) in [4.78, 5) is 0.214. The third kappa shape index (κ3) is 2.43. The van der Waals surface area contributed by atoms with Crippen LogP contribution in [0.1, 0.15) is 18.4 Å². The Morgan fingerprint density at radius 3 is 2.59 bits per heavy atom. The molecule has 0 radical (unpaired) electrons. The van der Waals surface area contributed by atoms with Gasteiger partial charge in [-0.15, -0.1) is 0 Å². The number of rotatable bonds is 4. The molecule has 5 nitrogen and oxygen atoms in total. The molecule has 1 fully saturated rings. The average molecular weight is 256 g/mol. The lowest BCUT2D eigenvalue weighted by Crippen LogP contribution is -2.39. The monoisotopic (exact) mass is 256 g/mol. The van der Waals surface area contributed by atoms with Gasteiger partial charge in [0, 0.05) is 5.69 Å². The van der Waals surface area contributed by atoms with Crippen molar-refractivity contribution in [2.45, 2.75) is 30.2 Å². The van der Waals surface area contributed by atoms with E-state index in [0.717, 1.165) is 0 Å². The van der Waals surface area contributed by atoms with Crippen molar-refractivity contribution in [3.8, 4) is 0 Å². The van der Waals surface area contributed by atoms with E-state index in [-0.39, 0.29) is 11.5 Å². The van der Waals surface area contributed by atoms with Gasteiger partial charge in [0.25, 0.3) is 0 Å². The Labute approximate surface area is 101 Å². The lowest BCUT2D eigenvalue weighted by molar-refractivity contribution is 0.246. The largest absolute Gasteiger partial charge is 0.399 e. The van der Waals surface area contributed by atoms with Gasteiger partial charge in [-0.25, -0.2) is 13.1 Å². The van der Waals surface area contributed by atoms with Gasteiger partial charge in [-0.3, -0.25) is 0 Å². The molecule has 0 spiro atoms. The molecule has 0 bridgehead atoms. The first-order valence-electron chi connectivity index (χ1n) is 5.40. The maximum absolute atomic E-state index is 12.1. The molecule has 0 aromatic heterocycles. The first-order chi connectivity index (χ1) is 7.88. The van der Waals surface area contributed by atoms with E-state index in [0.29, 0.717) is 24.1 Å². The fourth-order valence-corrected chi connectivity index (χ4v) is 3.44. The summed E-state index contributed by atoms with van der Waals surface area (Å²) in [6, 6.07) is 4.66. The molecule has 0 atom stereocenters. The number of hydrogen-bond acceptors (Lipinski definition) is 4. The van der Waals surface area contributed by atoms with E-state index < -0.39 is 15.6 Å². The van der Waals surface area contributed by atoms with Gasteiger partial charge in [-0.2, -0.15) is 0 Å². The van der Waals surface area contributed by atoms with Crippen LogP contribution in [0.25, 0.3) is 0 Å².